The Hall–Kier alpha value is -1.63. The molecule has 1 aromatic heterocycles. The number of rotatable bonds is 3. The number of nitrogens with one attached hydrogen (secondary N) is 1. The van der Waals surface area contributed by atoms with Gasteiger partial charge in [-0.1, -0.05) is 5.16 Å². The summed E-state index contributed by atoms with van der Waals surface area (Å²) in [4.78, 5) is 7.98. The first kappa shape index (κ1) is 11.8. The molecule has 1 aliphatic heterocycles. The van der Waals surface area contributed by atoms with Crippen LogP contribution >= 0.6 is 0 Å². The van der Waals surface area contributed by atoms with Crippen LogP contribution in [0.1, 0.15) is 30.7 Å². The molecule has 1 saturated heterocycles. The van der Waals surface area contributed by atoms with Crippen molar-refractivity contribution in [3.63, 3.8) is 0 Å². The van der Waals surface area contributed by atoms with Crippen molar-refractivity contribution < 1.29 is 9.26 Å². The van der Waals surface area contributed by atoms with Crippen molar-refractivity contribution in [2.24, 2.45) is 10.7 Å². The Labute approximate surface area is 99.4 Å². The second kappa shape index (κ2) is 5.13. The molecule has 7 heteroatoms. The number of nitrogens with zero attached hydrogens (tertiary/aromatic N) is 3. The second-order valence-electron chi connectivity index (χ2n) is 3.99. The van der Waals surface area contributed by atoms with E-state index in [1.54, 1.807) is 14.0 Å². The van der Waals surface area contributed by atoms with Crippen LogP contribution in [-0.2, 0) is 4.74 Å². The van der Waals surface area contributed by atoms with Gasteiger partial charge in [-0.25, -0.2) is 0 Å². The zero-order valence-corrected chi connectivity index (χ0v) is 10.0. The molecule has 0 unspecified atom stereocenters. The van der Waals surface area contributed by atoms with E-state index in [9.17, 15) is 0 Å². The summed E-state index contributed by atoms with van der Waals surface area (Å²) >= 11 is 0. The largest absolute Gasteiger partial charge is 0.370 e. The Morgan fingerprint density at radius 1 is 1.59 bits per heavy atom. The molecule has 0 saturated carbocycles. The summed E-state index contributed by atoms with van der Waals surface area (Å²) in [6.07, 6.45) is 1.84. The third kappa shape index (κ3) is 2.94. The van der Waals surface area contributed by atoms with Crippen LogP contribution in [0.5, 0.6) is 0 Å². The number of aliphatic imine (C=N–C) groups is 1. The lowest BCUT2D eigenvalue weighted by Crippen LogP contribution is -2.37. The van der Waals surface area contributed by atoms with Gasteiger partial charge in [0.25, 0.3) is 5.89 Å². The molecule has 0 bridgehead atoms. The van der Waals surface area contributed by atoms with Crippen LogP contribution in [0.15, 0.2) is 9.52 Å². The molecular formula is C10H17N5O2. The summed E-state index contributed by atoms with van der Waals surface area (Å²) in [7, 11) is 1.64. The minimum atomic E-state index is -0.0946. The number of guanidine groups is 1. The third-order valence-corrected chi connectivity index (χ3v) is 2.68. The fourth-order valence-corrected chi connectivity index (χ4v) is 1.78. The van der Waals surface area contributed by atoms with Gasteiger partial charge in [-0.05, 0) is 19.8 Å². The van der Waals surface area contributed by atoms with E-state index in [1.165, 1.54) is 0 Å². The molecule has 2 rings (SSSR count). The summed E-state index contributed by atoms with van der Waals surface area (Å²) < 4.78 is 10.9. The molecule has 2 atom stereocenters. The highest BCUT2D eigenvalue weighted by atomic mass is 16.5. The standard InChI is InChI=1S/C10H17N5O2/c1-6-14-9(17-15-6)8-4-3-7(16-8)5-13-10(11)12-2/h7-8H,3-5H2,1-2H3,(H3,11,12,13)/t7-,8+/m1/s1. The Balaban J connectivity index is 1.83. The van der Waals surface area contributed by atoms with Gasteiger partial charge in [0, 0.05) is 13.6 Å². The summed E-state index contributed by atoms with van der Waals surface area (Å²) in [5, 5.41) is 6.74. The average molecular weight is 239 g/mol. The minimum absolute atomic E-state index is 0.0946. The van der Waals surface area contributed by atoms with Gasteiger partial charge in [0.1, 0.15) is 6.10 Å². The Kier molecular flexibility index (Phi) is 3.58. The quantitative estimate of drug-likeness (QED) is 0.574. The van der Waals surface area contributed by atoms with E-state index < -0.39 is 0 Å². The molecule has 7 nitrogen and oxygen atoms in total. The summed E-state index contributed by atoms with van der Waals surface area (Å²) in [6, 6.07) is 0. The van der Waals surface area contributed by atoms with E-state index >= 15 is 0 Å². The first-order chi connectivity index (χ1) is 8.19. The first-order valence-corrected chi connectivity index (χ1v) is 5.61. The van der Waals surface area contributed by atoms with Gasteiger partial charge in [-0.15, -0.1) is 0 Å². The van der Waals surface area contributed by atoms with Crippen molar-refractivity contribution in [3.8, 4) is 0 Å². The van der Waals surface area contributed by atoms with Crippen LogP contribution in [0.4, 0.5) is 0 Å². The molecule has 2 heterocycles. The van der Waals surface area contributed by atoms with E-state index in [0.29, 0.717) is 24.2 Å². The number of aryl methyl sites for hydroxylation is 1. The van der Waals surface area contributed by atoms with Gasteiger partial charge in [0.15, 0.2) is 11.8 Å². The number of ether oxygens (including phenoxy) is 1. The van der Waals surface area contributed by atoms with Crippen molar-refractivity contribution in [1.82, 2.24) is 15.5 Å². The summed E-state index contributed by atoms with van der Waals surface area (Å²) in [6.45, 7) is 2.44. The molecule has 0 aromatic carbocycles. The highest BCUT2D eigenvalue weighted by Gasteiger charge is 2.30. The fourth-order valence-electron chi connectivity index (χ4n) is 1.78. The molecule has 0 spiro atoms. The zero-order valence-electron chi connectivity index (χ0n) is 10.0. The molecule has 1 aliphatic rings. The molecule has 0 aliphatic carbocycles. The number of hydrogen-bond donors (Lipinski definition) is 2. The normalized spacial score (nSPS) is 25.2. The van der Waals surface area contributed by atoms with Crippen molar-refractivity contribution in [2.75, 3.05) is 13.6 Å². The van der Waals surface area contributed by atoms with E-state index in [4.69, 9.17) is 15.0 Å². The highest BCUT2D eigenvalue weighted by Crippen LogP contribution is 2.31. The van der Waals surface area contributed by atoms with Gasteiger partial charge in [0.2, 0.25) is 0 Å². The number of hydrogen-bond acceptors (Lipinski definition) is 5. The minimum Gasteiger partial charge on any atom is -0.370 e. The Bertz CT molecular complexity index is 403. The summed E-state index contributed by atoms with van der Waals surface area (Å²) in [5.74, 6) is 1.61. The van der Waals surface area contributed by atoms with Gasteiger partial charge in [-0.3, -0.25) is 4.99 Å². The van der Waals surface area contributed by atoms with Crippen molar-refractivity contribution in [3.05, 3.63) is 11.7 Å². The maximum atomic E-state index is 5.79. The second-order valence-corrected chi connectivity index (χ2v) is 3.99. The van der Waals surface area contributed by atoms with Gasteiger partial charge < -0.3 is 20.3 Å². The first-order valence-electron chi connectivity index (χ1n) is 5.61. The topological polar surface area (TPSA) is 98.6 Å². The molecule has 17 heavy (non-hydrogen) atoms. The number of nitrogens with two attached hydrogens (primary N) is 1. The maximum absolute atomic E-state index is 5.79. The lowest BCUT2D eigenvalue weighted by atomic mass is 10.2. The molecule has 1 aromatic rings. The number of aromatic nitrogens is 2. The maximum Gasteiger partial charge on any atom is 0.255 e. The molecule has 1 fully saturated rings. The van der Waals surface area contributed by atoms with Crippen LogP contribution in [0, 0.1) is 6.92 Å². The van der Waals surface area contributed by atoms with Crippen LogP contribution in [0.2, 0.25) is 0 Å². The fraction of sp³-hybridized carbons (Fsp3) is 0.700. The lowest BCUT2D eigenvalue weighted by Gasteiger charge is -2.12. The van der Waals surface area contributed by atoms with Crippen molar-refractivity contribution >= 4 is 5.96 Å². The van der Waals surface area contributed by atoms with E-state index in [1.807, 2.05) is 0 Å². The van der Waals surface area contributed by atoms with E-state index in [2.05, 4.69) is 20.4 Å². The molecule has 0 radical (unpaired) electrons. The molecular weight excluding hydrogens is 222 g/mol. The predicted octanol–water partition coefficient (Wildman–Crippen LogP) is 0.132. The third-order valence-electron chi connectivity index (χ3n) is 2.68. The van der Waals surface area contributed by atoms with Crippen molar-refractivity contribution in [2.45, 2.75) is 32.0 Å². The Morgan fingerprint density at radius 3 is 3.06 bits per heavy atom. The Morgan fingerprint density at radius 2 is 2.41 bits per heavy atom. The van der Waals surface area contributed by atoms with Crippen LogP contribution in [0.25, 0.3) is 0 Å². The van der Waals surface area contributed by atoms with Crippen LogP contribution in [0.3, 0.4) is 0 Å². The molecule has 94 valence electrons. The van der Waals surface area contributed by atoms with Crippen LogP contribution < -0.4 is 11.1 Å². The van der Waals surface area contributed by atoms with E-state index in [0.717, 1.165) is 12.8 Å². The van der Waals surface area contributed by atoms with Crippen LogP contribution in [-0.4, -0.2) is 35.8 Å². The zero-order chi connectivity index (χ0) is 12.3. The smallest absolute Gasteiger partial charge is 0.255 e. The van der Waals surface area contributed by atoms with E-state index in [-0.39, 0.29) is 12.2 Å². The van der Waals surface area contributed by atoms with Gasteiger partial charge in [-0.2, -0.15) is 4.98 Å². The van der Waals surface area contributed by atoms with Crippen molar-refractivity contribution in [1.29, 1.82) is 0 Å². The monoisotopic (exact) mass is 239 g/mol. The highest BCUT2D eigenvalue weighted by molar-refractivity contribution is 5.77. The predicted molar refractivity (Wildman–Crippen MR) is 61.4 cm³/mol. The molecule has 3 N–H and O–H groups in total. The molecule has 0 amide bonds. The van der Waals surface area contributed by atoms with Gasteiger partial charge in [0.05, 0.1) is 6.10 Å². The lowest BCUT2D eigenvalue weighted by molar-refractivity contribution is 0.0286. The summed E-state index contributed by atoms with van der Waals surface area (Å²) in [5.41, 5.74) is 5.54. The average Bonchev–Trinajstić information content (AvgIpc) is 2.94. The SMILES string of the molecule is CN=C(N)NC[C@H]1CC[C@@H](c2nc(C)no2)O1. The van der Waals surface area contributed by atoms with Gasteiger partial charge >= 0.3 is 0 Å².